The summed E-state index contributed by atoms with van der Waals surface area (Å²) in [6, 6.07) is 8.13. The first-order chi connectivity index (χ1) is 14.0. The molecule has 0 saturated carbocycles. The number of anilines is 1. The van der Waals surface area contributed by atoms with Gasteiger partial charge < -0.3 is 14.2 Å². The highest BCUT2D eigenvalue weighted by molar-refractivity contribution is 6.31. The fraction of sp³-hybridized carbons (Fsp3) is 0.300. The first kappa shape index (κ1) is 19.3. The van der Waals surface area contributed by atoms with Crippen molar-refractivity contribution >= 4 is 23.3 Å². The Labute approximate surface area is 172 Å². The van der Waals surface area contributed by atoms with E-state index >= 15 is 0 Å². The second-order valence-corrected chi connectivity index (χ2v) is 7.15. The Morgan fingerprint density at radius 1 is 1.17 bits per heavy atom. The van der Waals surface area contributed by atoms with Crippen molar-refractivity contribution in [3.63, 3.8) is 0 Å². The molecule has 1 fully saturated rings. The third kappa shape index (κ3) is 4.07. The molecule has 3 heterocycles. The number of hydrogen-bond acceptors (Lipinski definition) is 6. The van der Waals surface area contributed by atoms with Gasteiger partial charge in [-0.1, -0.05) is 17.7 Å². The molecule has 7 nitrogen and oxygen atoms in total. The third-order valence-electron chi connectivity index (χ3n) is 4.86. The number of aromatic nitrogens is 3. The largest absolute Gasteiger partial charge is 0.421 e. The van der Waals surface area contributed by atoms with Gasteiger partial charge in [0.15, 0.2) is 0 Å². The Balaban J connectivity index is 1.45. The van der Waals surface area contributed by atoms with Crippen LogP contribution < -0.4 is 4.90 Å². The molecule has 1 aromatic carbocycles. The fourth-order valence-corrected chi connectivity index (χ4v) is 3.58. The van der Waals surface area contributed by atoms with Crippen LogP contribution in [0.3, 0.4) is 0 Å². The van der Waals surface area contributed by atoms with Crippen molar-refractivity contribution in [2.75, 3.05) is 31.1 Å². The Kier molecular flexibility index (Phi) is 5.44. The topological polar surface area (TPSA) is 75.4 Å². The quantitative estimate of drug-likeness (QED) is 0.651. The predicted octanol–water partition coefficient (Wildman–Crippen LogP) is 3.12. The normalized spacial score (nSPS) is 14.3. The van der Waals surface area contributed by atoms with Crippen molar-refractivity contribution in [1.29, 1.82) is 0 Å². The Hall–Kier alpha value is -3.00. The molecule has 0 N–H and O–H groups in total. The van der Waals surface area contributed by atoms with E-state index in [2.05, 4.69) is 20.1 Å². The van der Waals surface area contributed by atoms with Gasteiger partial charge in [0.2, 0.25) is 11.8 Å². The van der Waals surface area contributed by atoms with Crippen molar-refractivity contribution in [3.8, 4) is 11.5 Å². The summed E-state index contributed by atoms with van der Waals surface area (Å²) in [4.78, 5) is 20.9. The van der Waals surface area contributed by atoms with Crippen molar-refractivity contribution < 1.29 is 13.6 Å². The number of benzene rings is 1. The molecule has 0 bridgehead atoms. The molecule has 0 radical (unpaired) electrons. The van der Waals surface area contributed by atoms with E-state index in [4.69, 9.17) is 16.0 Å². The number of aryl methyl sites for hydroxylation is 1. The van der Waals surface area contributed by atoms with Gasteiger partial charge in [-0.25, -0.2) is 9.37 Å². The maximum absolute atomic E-state index is 14.0. The van der Waals surface area contributed by atoms with Gasteiger partial charge in [0.1, 0.15) is 11.6 Å². The van der Waals surface area contributed by atoms with Crippen LogP contribution in [0.5, 0.6) is 0 Å². The van der Waals surface area contributed by atoms with E-state index in [1.165, 1.54) is 12.1 Å². The summed E-state index contributed by atoms with van der Waals surface area (Å²) in [7, 11) is 0. The molecular weight excluding hydrogens is 397 g/mol. The average molecular weight is 416 g/mol. The van der Waals surface area contributed by atoms with Gasteiger partial charge in [0.25, 0.3) is 5.89 Å². The van der Waals surface area contributed by atoms with Gasteiger partial charge >= 0.3 is 0 Å². The van der Waals surface area contributed by atoms with Crippen LogP contribution in [0.15, 0.2) is 40.9 Å². The zero-order chi connectivity index (χ0) is 20.4. The SMILES string of the molecule is Cc1nnc(-c2cccnc2N2CCN(C(=O)Cc3c(F)cccc3Cl)CC2)o1. The highest BCUT2D eigenvalue weighted by Gasteiger charge is 2.25. The van der Waals surface area contributed by atoms with Crippen LogP contribution in [0.2, 0.25) is 5.02 Å². The number of amides is 1. The summed E-state index contributed by atoms with van der Waals surface area (Å²) in [5.41, 5.74) is 0.992. The molecule has 1 aliphatic rings. The van der Waals surface area contributed by atoms with E-state index in [1.807, 2.05) is 12.1 Å². The van der Waals surface area contributed by atoms with E-state index in [9.17, 15) is 9.18 Å². The van der Waals surface area contributed by atoms with Gasteiger partial charge in [0.05, 0.1) is 12.0 Å². The first-order valence-corrected chi connectivity index (χ1v) is 9.62. The summed E-state index contributed by atoms with van der Waals surface area (Å²) >= 11 is 6.05. The molecule has 1 saturated heterocycles. The molecule has 29 heavy (non-hydrogen) atoms. The lowest BCUT2D eigenvalue weighted by atomic mass is 10.1. The summed E-state index contributed by atoms with van der Waals surface area (Å²) in [6.07, 6.45) is 1.65. The molecule has 0 spiro atoms. The number of nitrogens with zero attached hydrogens (tertiary/aromatic N) is 5. The van der Waals surface area contributed by atoms with Crippen LogP contribution in [-0.4, -0.2) is 52.2 Å². The van der Waals surface area contributed by atoms with E-state index in [-0.39, 0.29) is 22.9 Å². The Morgan fingerprint density at radius 3 is 2.66 bits per heavy atom. The van der Waals surface area contributed by atoms with Crippen molar-refractivity contribution in [3.05, 3.63) is 58.8 Å². The first-order valence-electron chi connectivity index (χ1n) is 9.24. The van der Waals surface area contributed by atoms with E-state index in [0.717, 1.165) is 11.4 Å². The van der Waals surface area contributed by atoms with Crippen LogP contribution in [0.1, 0.15) is 11.5 Å². The maximum Gasteiger partial charge on any atom is 0.251 e. The fourth-order valence-electron chi connectivity index (χ4n) is 3.35. The number of rotatable bonds is 4. The second-order valence-electron chi connectivity index (χ2n) is 6.75. The molecule has 1 amide bonds. The number of pyridine rings is 1. The van der Waals surface area contributed by atoms with Crippen molar-refractivity contribution in [2.45, 2.75) is 13.3 Å². The van der Waals surface area contributed by atoms with Crippen molar-refractivity contribution in [1.82, 2.24) is 20.1 Å². The number of halogens is 2. The highest BCUT2D eigenvalue weighted by atomic mass is 35.5. The van der Waals surface area contributed by atoms with Crippen LogP contribution >= 0.6 is 11.6 Å². The zero-order valence-electron chi connectivity index (χ0n) is 15.8. The Morgan fingerprint density at radius 2 is 1.97 bits per heavy atom. The molecule has 1 aliphatic heterocycles. The number of carbonyl (C=O) groups is 1. The molecule has 3 aromatic rings. The number of hydrogen-bond donors (Lipinski definition) is 0. The summed E-state index contributed by atoms with van der Waals surface area (Å²) in [6.45, 7) is 3.92. The summed E-state index contributed by atoms with van der Waals surface area (Å²) < 4.78 is 19.5. The molecule has 0 atom stereocenters. The van der Waals surface area contributed by atoms with Gasteiger partial charge in [-0.3, -0.25) is 4.79 Å². The van der Waals surface area contributed by atoms with E-state index in [0.29, 0.717) is 38.0 Å². The molecule has 9 heteroatoms. The van der Waals surface area contributed by atoms with Crippen LogP contribution in [-0.2, 0) is 11.2 Å². The van der Waals surface area contributed by atoms with Gasteiger partial charge in [-0.2, -0.15) is 0 Å². The minimum Gasteiger partial charge on any atom is -0.421 e. The minimum absolute atomic E-state index is 0.0540. The second kappa shape index (κ2) is 8.16. The molecule has 0 aliphatic carbocycles. The molecule has 150 valence electrons. The lowest BCUT2D eigenvalue weighted by Gasteiger charge is -2.36. The molecule has 2 aromatic heterocycles. The lowest BCUT2D eigenvalue weighted by Crippen LogP contribution is -2.49. The minimum atomic E-state index is -0.461. The number of piperazine rings is 1. The van der Waals surface area contributed by atoms with E-state index < -0.39 is 5.82 Å². The van der Waals surface area contributed by atoms with Crippen molar-refractivity contribution in [2.24, 2.45) is 0 Å². The van der Waals surface area contributed by atoms with Crippen LogP contribution in [0.25, 0.3) is 11.5 Å². The van der Waals surface area contributed by atoms with Gasteiger partial charge in [-0.15, -0.1) is 10.2 Å². The van der Waals surface area contributed by atoms with Crippen LogP contribution in [0.4, 0.5) is 10.2 Å². The average Bonchev–Trinajstić information content (AvgIpc) is 3.17. The molecular formula is C20H19ClFN5O2. The lowest BCUT2D eigenvalue weighted by molar-refractivity contribution is -0.130. The number of carbonyl (C=O) groups excluding carboxylic acids is 1. The zero-order valence-corrected chi connectivity index (χ0v) is 16.6. The van der Waals surface area contributed by atoms with Gasteiger partial charge in [-0.05, 0) is 24.3 Å². The standard InChI is InChI=1S/C20H19ClFN5O2/c1-13-24-25-20(29-13)14-4-3-7-23-19(14)27-10-8-26(9-11-27)18(28)12-15-16(21)5-2-6-17(15)22/h2-7H,8-12H2,1H3. The summed E-state index contributed by atoms with van der Waals surface area (Å²) in [5.74, 6) is 1.03. The molecule has 0 unspecified atom stereocenters. The summed E-state index contributed by atoms with van der Waals surface area (Å²) in [5, 5.41) is 8.23. The van der Waals surface area contributed by atoms with E-state index in [1.54, 1.807) is 24.1 Å². The smallest absolute Gasteiger partial charge is 0.251 e. The monoisotopic (exact) mass is 415 g/mol. The third-order valence-corrected chi connectivity index (χ3v) is 5.22. The predicted molar refractivity (Wildman–Crippen MR) is 106 cm³/mol. The Bertz CT molecular complexity index is 1010. The molecule has 4 rings (SSSR count). The van der Waals surface area contributed by atoms with Crippen LogP contribution in [0, 0.1) is 12.7 Å². The highest BCUT2D eigenvalue weighted by Crippen LogP contribution is 2.28. The van der Waals surface area contributed by atoms with Gasteiger partial charge in [0, 0.05) is 49.9 Å². The maximum atomic E-state index is 14.0.